The minimum Gasteiger partial charge on any atom is -0.357 e. The number of sulfonamides is 1. The van der Waals surface area contributed by atoms with E-state index in [2.05, 4.69) is 5.32 Å². The molecule has 7 nitrogen and oxygen atoms in total. The average molecular weight is 535 g/mol. The number of nitrogens with zero attached hydrogens (tertiary/aromatic N) is 2. The second-order valence-electron chi connectivity index (χ2n) is 7.53. The lowest BCUT2D eigenvalue weighted by Crippen LogP contribution is -2.51. The van der Waals surface area contributed by atoms with E-state index in [1.165, 1.54) is 24.1 Å². The number of carbonyl (C=O) groups excluding carboxylic acids is 2. The molecule has 1 unspecified atom stereocenters. The fraction of sp³-hybridized carbons (Fsp3) is 0.364. The summed E-state index contributed by atoms with van der Waals surface area (Å²) >= 11 is 18.3. The maximum absolute atomic E-state index is 13.5. The molecule has 1 atom stereocenters. The van der Waals surface area contributed by atoms with Gasteiger partial charge in [0.2, 0.25) is 21.8 Å². The molecule has 0 bridgehead atoms. The molecule has 0 radical (unpaired) electrons. The van der Waals surface area contributed by atoms with Gasteiger partial charge >= 0.3 is 0 Å². The third kappa shape index (κ3) is 6.99. The highest BCUT2D eigenvalue weighted by Crippen LogP contribution is 2.35. The van der Waals surface area contributed by atoms with Crippen molar-refractivity contribution in [3.8, 4) is 0 Å². The lowest BCUT2D eigenvalue weighted by molar-refractivity contribution is -0.140. The predicted octanol–water partition coefficient (Wildman–Crippen LogP) is 4.27. The maximum atomic E-state index is 13.5. The fourth-order valence-electron chi connectivity index (χ4n) is 3.27. The second-order valence-corrected chi connectivity index (χ2v) is 10.7. The molecule has 2 aromatic carbocycles. The highest BCUT2D eigenvalue weighted by atomic mass is 35.5. The van der Waals surface area contributed by atoms with Gasteiger partial charge < -0.3 is 10.2 Å². The number of benzene rings is 2. The molecule has 0 aliphatic heterocycles. The molecule has 2 aromatic rings. The number of aryl methyl sites for hydroxylation is 1. The summed E-state index contributed by atoms with van der Waals surface area (Å²) in [6.07, 6.45) is 1.29. The van der Waals surface area contributed by atoms with E-state index in [0.717, 1.165) is 21.7 Å². The van der Waals surface area contributed by atoms with Gasteiger partial charge in [0.05, 0.1) is 27.0 Å². The fourth-order valence-corrected chi connectivity index (χ4v) is 4.82. The molecule has 33 heavy (non-hydrogen) atoms. The zero-order chi connectivity index (χ0) is 24.9. The lowest BCUT2D eigenvalue weighted by Gasteiger charge is -2.32. The summed E-state index contributed by atoms with van der Waals surface area (Å²) in [4.78, 5) is 27.4. The number of halogens is 3. The van der Waals surface area contributed by atoms with E-state index in [9.17, 15) is 18.0 Å². The Morgan fingerprint density at radius 3 is 2.12 bits per heavy atom. The van der Waals surface area contributed by atoms with Crippen molar-refractivity contribution in [2.45, 2.75) is 32.9 Å². The van der Waals surface area contributed by atoms with Gasteiger partial charge in [-0.2, -0.15) is 0 Å². The maximum Gasteiger partial charge on any atom is 0.244 e. The van der Waals surface area contributed by atoms with Crippen molar-refractivity contribution in [3.63, 3.8) is 0 Å². The average Bonchev–Trinajstić information content (AvgIpc) is 2.74. The Morgan fingerprint density at radius 2 is 1.61 bits per heavy atom. The van der Waals surface area contributed by atoms with E-state index in [4.69, 9.17) is 34.8 Å². The Bertz CT molecular complexity index is 1120. The smallest absolute Gasteiger partial charge is 0.244 e. The molecule has 0 saturated heterocycles. The Hall–Kier alpha value is -2.00. The molecule has 0 saturated carbocycles. The van der Waals surface area contributed by atoms with Crippen molar-refractivity contribution in [3.05, 3.63) is 62.6 Å². The van der Waals surface area contributed by atoms with Gasteiger partial charge in [0.1, 0.15) is 12.6 Å². The number of hydrogen-bond acceptors (Lipinski definition) is 4. The molecule has 0 spiro atoms. The summed E-state index contributed by atoms with van der Waals surface area (Å²) in [6, 6.07) is 9.32. The molecular formula is C22H26Cl3N3O4S. The first-order valence-corrected chi connectivity index (χ1v) is 13.1. The third-order valence-electron chi connectivity index (χ3n) is 5.04. The van der Waals surface area contributed by atoms with Crippen LogP contribution in [0.3, 0.4) is 0 Å². The number of rotatable bonds is 9. The largest absolute Gasteiger partial charge is 0.357 e. The summed E-state index contributed by atoms with van der Waals surface area (Å²) < 4.78 is 26.1. The minimum atomic E-state index is -3.94. The molecular weight excluding hydrogens is 509 g/mol. The quantitative estimate of drug-likeness (QED) is 0.487. The Balaban J connectivity index is 2.49. The lowest BCUT2D eigenvalue weighted by atomic mass is 10.1. The molecule has 2 rings (SSSR count). The predicted molar refractivity (Wildman–Crippen MR) is 134 cm³/mol. The van der Waals surface area contributed by atoms with Crippen LogP contribution in [-0.4, -0.2) is 51.0 Å². The van der Waals surface area contributed by atoms with Gasteiger partial charge in [-0.3, -0.25) is 13.9 Å². The van der Waals surface area contributed by atoms with Crippen LogP contribution in [0.4, 0.5) is 5.69 Å². The summed E-state index contributed by atoms with van der Waals surface area (Å²) in [5.74, 6) is -0.921. The third-order valence-corrected chi connectivity index (χ3v) is 7.19. The van der Waals surface area contributed by atoms with Crippen LogP contribution in [0.25, 0.3) is 0 Å². The molecule has 0 heterocycles. The van der Waals surface area contributed by atoms with Crippen LogP contribution in [0.15, 0.2) is 36.4 Å². The summed E-state index contributed by atoms with van der Waals surface area (Å²) in [7, 11) is -2.45. The van der Waals surface area contributed by atoms with Crippen LogP contribution in [0, 0.1) is 6.92 Å². The first kappa shape index (κ1) is 27.2. The van der Waals surface area contributed by atoms with Gasteiger partial charge in [0.25, 0.3) is 0 Å². The Kier molecular flexibility index (Phi) is 9.43. The number of likely N-dealkylation sites (N-methyl/N-ethyl adjacent to an activating group) is 1. The molecule has 180 valence electrons. The van der Waals surface area contributed by atoms with E-state index in [1.54, 1.807) is 6.92 Å². The van der Waals surface area contributed by atoms with Gasteiger partial charge in [-0.1, -0.05) is 71.6 Å². The van der Waals surface area contributed by atoms with E-state index >= 15 is 0 Å². The first-order chi connectivity index (χ1) is 15.4. The van der Waals surface area contributed by atoms with Gasteiger partial charge in [0, 0.05) is 13.6 Å². The zero-order valence-electron chi connectivity index (χ0n) is 18.7. The van der Waals surface area contributed by atoms with Gasteiger partial charge in [-0.05, 0) is 31.0 Å². The zero-order valence-corrected chi connectivity index (χ0v) is 21.8. The van der Waals surface area contributed by atoms with Crippen molar-refractivity contribution in [1.29, 1.82) is 0 Å². The van der Waals surface area contributed by atoms with E-state index in [0.29, 0.717) is 6.42 Å². The summed E-state index contributed by atoms with van der Waals surface area (Å²) in [5, 5.41) is 2.82. The van der Waals surface area contributed by atoms with Crippen molar-refractivity contribution in [1.82, 2.24) is 10.2 Å². The van der Waals surface area contributed by atoms with Gasteiger partial charge in [0.15, 0.2) is 0 Å². The number of amides is 2. The number of anilines is 1. The Labute approximate surface area is 209 Å². The minimum absolute atomic E-state index is 0.0187. The van der Waals surface area contributed by atoms with Gasteiger partial charge in [-0.15, -0.1) is 0 Å². The summed E-state index contributed by atoms with van der Waals surface area (Å²) in [6.45, 7) is 3.27. The van der Waals surface area contributed by atoms with E-state index in [1.807, 2.05) is 31.2 Å². The van der Waals surface area contributed by atoms with Crippen molar-refractivity contribution < 1.29 is 18.0 Å². The standard InChI is InChI=1S/C22H26Cl3N3O4S/c1-5-19(22(30)26-3)27(12-15-8-6-14(2)7-9-15)21(29)13-28(33(4,31)32)20-11-17(24)16(23)10-18(20)25/h6-11,19H,5,12-13H2,1-4H3,(H,26,30). The molecule has 0 fully saturated rings. The van der Waals surface area contributed by atoms with Crippen LogP contribution in [-0.2, 0) is 26.2 Å². The molecule has 11 heteroatoms. The van der Waals surface area contributed by atoms with Crippen LogP contribution in [0.2, 0.25) is 15.1 Å². The molecule has 1 N–H and O–H groups in total. The molecule has 2 amide bonds. The Morgan fingerprint density at radius 1 is 1.03 bits per heavy atom. The van der Waals surface area contributed by atoms with Crippen molar-refractivity contribution >= 4 is 62.3 Å². The van der Waals surface area contributed by atoms with Crippen LogP contribution in [0.1, 0.15) is 24.5 Å². The SMILES string of the molecule is CCC(C(=O)NC)N(Cc1ccc(C)cc1)C(=O)CN(c1cc(Cl)c(Cl)cc1Cl)S(C)(=O)=O. The van der Waals surface area contributed by atoms with Crippen LogP contribution in [0.5, 0.6) is 0 Å². The highest BCUT2D eigenvalue weighted by molar-refractivity contribution is 7.92. The number of hydrogen-bond donors (Lipinski definition) is 1. The van der Waals surface area contributed by atoms with Crippen LogP contribution >= 0.6 is 34.8 Å². The highest BCUT2D eigenvalue weighted by Gasteiger charge is 2.32. The normalized spacial score (nSPS) is 12.2. The second kappa shape index (κ2) is 11.4. The van der Waals surface area contributed by atoms with Gasteiger partial charge in [-0.25, -0.2) is 8.42 Å². The van der Waals surface area contributed by atoms with E-state index < -0.39 is 28.5 Å². The first-order valence-electron chi connectivity index (χ1n) is 10.1. The molecule has 0 aliphatic rings. The molecule has 0 aliphatic carbocycles. The monoisotopic (exact) mass is 533 g/mol. The topological polar surface area (TPSA) is 86.8 Å². The number of carbonyl (C=O) groups is 2. The molecule has 0 aromatic heterocycles. The van der Waals surface area contributed by atoms with Crippen LogP contribution < -0.4 is 9.62 Å². The number of nitrogens with one attached hydrogen (secondary N) is 1. The summed E-state index contributed by atoms with van der Waals surface area (Å²) in [5.41, 5.74) is 1.87. The van der Waals surface area contributed by atoms with E-state index in [-0.39, 0.29) is 33.2 Å². The van der Waals surface area contributed by atoms with Crippen molar-refractivity contribution in [2.75, 3.05) is 24.2 Å². The van der Waals surface area contributed by atoms with Crippen molar-refractivity contribution in [2.24, 2.45) is 0 Å².